The van der Waals surface area contributed by atoms with Crippen LogP contribution in [0.3, 0.4) is 0 Å². The van der Waals surface area contributed by atoms with Crippen molar-refractivity contribution < 1.29 is 18.5 Å². The Morgan fingerprint density at radius 3 is 2.60 bits per heavy atom. The van der Waals surface area contributed by atoms with Crippen molar-refractivity contribution in [2.24, 2.45) is 0 Å². The first kappa shape index (κ1) is 14.3. The minimum absolute atomic E-state index is 0.148. The van der Waals surface area contributed by atoms with Crippen LogP contribution in [0, 0.1) is 21.7 Å². The average molecular weight is 285 g/mol. The zero-order valence-electron chi connectivity index (χ0n) is 10.7. The van der Waals surface area contributed by atoms with Gasteiger partial charge in [0.25, 0.3) is 5.91 Å². The average Bonchev–Trinajstić information content (AvgIpc) is 2.32. The second kappa shape index (κ2) is 5.49. The van der Waals surface area contributed by atoms with E-state index in [4.69, 9.17) is 0 Å². The van der Waals surface area contributed by atoms with Gasteiger partial charge in [-0.1, -0.05) is 0 Å². The van der Waals surface area contributed by atoms with Crippen molar-refractivity contribution in [1.29, 1.82) is 0 Å². The van der Waals surface area contributed by atoms with Crippen LogP contribution in [0.2, 0.25) is 0 Å². The molecule has 0 atom stereocenters. The van der Waals surface area contributed by atoms with Gasteiger partial charge in [0.1, 0.15) is 11.4 Å². The number of rotatable bonds is 4. The molecule has 1 amide bonds. The number of hydrogen-bond acceptors (Lipinski definition) is 4. The molecule has 1 N–H and O–H groups in total. The highest BCUT2D eigenvalue weighted by Crippen LogP contribution is 2.25. The molecule has 20 heavy (non-hydrogen) atoms. The third-order valence-electron chi connectivity index (χ3n) is 3.28. The number of nitrogens with zero attached hydrogens (tertiary/aromatic N) is 2. The standard InChI is InChI=1S/C12H13F2N3O3/c1-2-16(7-5-15-6-7)12(18)10-8(13)3-4-9(11(10)14)17(19)20/h3-4,7,15H,2,5-6H2,1H3. The summed E-state index contributed by atoms with van der Waals surface area (Å²) in [6, 6.07) is 1.30. The molecular formula is C12H13F2N3O3. The largest absolute Gasteiger partial charge is 0.333 e. The van der Waals surface area contributed by atoms with Crippen molar-refractivity contribution in [2.75, 3.05) is 19.6 Å². The Hall–Kier alpha value is -2.09. The van der Waals surface area contributed by atoms with Crippen LogP contribution in [0.15, 0.2) is 12.1 Å². The van der Waals surface area contributed by atoms with E-state index in [0.717, 1.165) is 6.07 Å². The second-order valence-electron chi connectivity index (χ2n) is 4.42. The van der Waals surface area contributed by atoms with E-state index in [0.29, 0.717) is 19.2 Å². The van der Waals surface area contributed by atoms with Gasteiger partial charge in [-0.05, 0) is 13.0 Å². The molecule has 1 saturated heterocycles. The zero-order valence-corrected chi connectivity index (χ0v) is 10.7. The molecule has 0 spiro atoms. The summed E-state index contributed by atoms with van der Waals surface area (Å²) in [6.45, 7) is 3.03. The van der Waals surface area contributed by atoms with Crippen LogP contribution in [-0.4, -0.2) is 41.4 Å². The van der Waals surface area contributed by atoms with Gasteiger partial charge in [0.05, 0.1) is 11.0 Å². The quantitative estimate of drug-likeness (QED) is 0.668. The van der Waals surface area contributed by atoms with Crippen molar-refractivity contribution in [2.45, 2.75) is 13.0 Å². The normalized spacial score (nSPS) is 14.8. The van der Waals surface area contributed by atoms with Gasteiger partial charge < -0.3 is 10.2 Å². The fourth-order valence-electron chi connectivity index (χ4n) is 2.08. The number of nitro benzene ring substituents is 1. The Labute approximate surface area is 113 Å². The molecule has 0 bridgehead atoms. The Bertz CT molecular complexity index is 561. The number of hydrogen-bond donors (Lipinski definition) is 1. The topological polar surface area (TPSA) is 75.5 Å². The number of nitro groups is 1. The summed E-state index contributed by atoms with van der Waals surface area (Å²) in [6.07, 6.45) is 0. The van der Waals surface area contributed by atoms with E-state index >= 15 is 0 Å². The number of halogens is 2. The van der Waals surface area contributed by atoms with Crippen LogP contribution in [0.25, 0.3) is 0 Å². The number of amides is 1. The number of carbonyl (C=O) groups excluding carboxylic acids is 1. The SMILES string of the molecule is CCN(C(=O)c1c(F)ccc([N+](=O)[O-])c1F)C1CNC1. The lowest BCUT2D eigenvalue weighted by Crippen LogP contribution is -2.59. The Morgan fingerprint density at radius 1 is 1.50 bits per heavy atom. The monoisotopic (exact) mass is 285 g/mol. The van der Waals surface area contributed by atoms with E-state index in [9.17, 15) is 23.7 Å². The van der Waals surface area contributed by atoms with Crippen LogP contribution in [0.5, 0.6) is 0 Å². The van der Waals surface area contributed by atoms with Gasteiger partial charge in [0.15, 0.2) is 0 Å². The van der Waals surface area contributed by atoms with E-state index in [-0.39, 0.29) is 12.6 Å². The van der Waals surface area contributed by atoms with E-state index in [2.05, 4.69) is 5.32 Å². The molecule has 1 aliphatic rings. The molecule has 1 heterocycles. The van der Waals surface area contributed by atoms with Crippen molar-refractivity contribution in [1.82, 2.24) is 10.2 Å². The number of carbonyl (C=O) groups is 1. The van der Waals surface area contributed by atoms with Crippen molar-refractivity contribution in [3.8, 4) is 0 Å². The molecule has 1 fully saturated rings. The van der Waals surface area contributed by atoms with Gasteiger partial charge in [-0.2, -0.15) is 4.39 Å². The molecule has 1 aromatic rings. The fraction of sp³-hybridized carbons (Fsp3) is 0.417. The maximum Gasteiger partial charge on any atom is 0.305 e. The lowest BCUT2D eigenvalue weighted by Gasteiger charge is -2.37. The first-order valence-corrected chi connectivity index (χ1v) is 6.11. The fourth-order valence-corrected chi connectivity index (χ4v) is 2.08. The van der Waals surface area contributed by atoms with Gasteiger partial charge in [0.2, 0.25) is 5.82 Å². The van der Waals surface area contributed by atoms with E-state index in [1.54, 1.807) is 6.92 Å². The molecule has 1 aromatic carbocycles. The molecule has 0 aliphatic carbocycles. The Kier molecular flexibility index (Phi) is 3.93. The molecule has 0 unspecified atom stereocenters. The van der Waals surface area contributed by atoms with E-state index in [1.807, 2.05) is 0 Å². The van der Waals surface area contributed by atoms with Crippen LogP contribution in [0.1, 0.15) is 17.3 Å². The highest BCUT2D eigenvalue weighted by atomic mass is 19.1. The molecule has 0 radical (unpaired) electrons. The Balaban J connectivity index is 2.42. The maximum atomic E-state index is 14.0. The summed E-state index contributed by atoms with van der Waals surface area (Å²) < 4.78 is 27.7. The minimum atomic E-state index is -1.43. The second-order valence-corrected chi connectivity index (χ2v) is 4.42. The molecule has 0 saturated carbocycles. The van der Waals surface area contributed by atoms with Crippen LogP contribution < -0.4 is 5.32 Å². The molecule has 1 aliphatic heterocycles. The minimum Gasteiger partial charge on any atom is -0.333 e. The summed E-state index contributed by atoms with van der Waals surface area (Å²) in [5, 5.41) is 13.6. The van der Waals surface area contributed by atoms with E-state index in [1.165, 1.54) is 4.90 Å². The van der Waals surface area contributed by atoms with Crippen molar-refractivity contribution in [3.63, 3.8) is 0 Å². The maximum absolute atomic E-state index is 14.0. The highest BCUT2D eigenvalue weighted by molar-refractivity contribution is 5.95. The number of likely N-dealkylation sites (N-methyl/N-ethyl adjacent to an activating group) is 1. The smallest absolute Gasteiger partial charge is 0.305 e. The molecule has 2 rings (SSSR count). The van der Waals surface area contributed by atoms with Gasteiger partial charge in [-0.15, -0.1) is 0 Å². The number of nitrogens with one attached hydrogen (secondary N) is 1. The zero-order chi connectivity index (χ0) is 14.9. The first-order chi connectivity index (χ1) is 9.47. The Morgan fingerprint density at radius 2 is 2.15 bits per heavy atom. The summed E-state index contributed by atoms with van der Waals surface area (Å²) >= 11 is 0. The summed E-state index contributed by atoms with van der Waals surface area (Å²) in [7, 11) is 0. The first-order valence-electron chi connectivity index (χ1n) is 6.11. The third kappa shape index (κ3) is 2.34. The summed E-state index contributed by atoms with van der Waals surface area (Å²) in [4.78, 5) is 23.2. The third-order valence-corrected chi connectivity index (χ3v) is 3.28. The van der Waals surface area contributed by atoms with Crippen molar-refractivity contribution in [3.05, 3.63) is 39.4 Å². The van der Waals surface area contributed by atoms with Crippen LogP contribution in [0.4, 0.5) is 14.5 Å². The van der Waals surface area contributed by atoms with Gasteiger partial charge >= 0.3 is 5.69 Å². The predicted molar refractivity (Wildman–Crippen MR) is 66.4 cm³/mol. The highest BCUT2D eigenvalue weighted by Gasteiger charge is 2.33. The van der Waals surface area contributed by atoms with Crippen LogP contribution >= 0.6 is 0 Å². The molecule has 6 nitrogen and oxygen atoms in total. The molecule has 0 aromatic heterocycles. The summed E-state index contributed by atoms with van der Waals surface area (Å²) in [5.74, 6) is -3.38. The van der Waals surface area contributed by atoms with E-state index < -0.39 is 33.7 Å². The number of benzene rings is 1. The van der Waals surface area contributed by atoms with Gasteiger partial charge in [0, 0.05) is 25.7 Å². The predicted octanol–water partition coefficient (Wildman–Crippen LogP) is 1.31. The van der Waals surface area contributed by atoms with Crippen LogP contribution in [-0.2, 0) is 0 Å². The lowest BCUT2D eigenvalue weighted by molar-refractivity contribution is -0.387. The molecule has 8 heteroatoms. The van der Waals surface area contributed by atoms with Gasteiger partial charge in [-0.25, -0.2) is 4.39 Å². The van der Waals surface area contributed by atoms with Crippen molar-refractivity contribution >= 4 is 11.6 Å². The summed E-state index contributed by atoms with van der Waals surface area (Å²) in [5.41, 5.74) is -1.77. The molecular weight excluding hydrogens is 272 g/mol. The molecule has 108 valence electrons. The lowest BCUT2D eigenvalue weighted by atomic mass is 10.1. The van der Waals surface area contributed by atoms with Gasteiger partial charge in [-0.3, -0.25) is 14.9 Å².